The van der Waals surface area contributed by atoms with Crippen LogP contribution in [0.5, 0.6) is 0 Å². The fraction of sp³-hybridized carbons (Fsp3) is 0.263. The molecule has 2 nitrogen and oxygen atoms in total. The van der Waals surface area contributed by atoms with E-state index < -0.39 is 0 Å². The number of Topliss-reactive ketones (excluding diaryl/α,β-unsaturated/α-hetero) is 1. The van der Waals surface area contributed by atoms with Gasteiger partial charge in [0.15, 0.2) is 5.78 Å². The summed E-state index contributed by atoms with van der Waals surface area (Å²) in [5.74, 6) is -0.0865. The summed E-state index contributed by atoms with van der Waals surface area (Å²) in [5, 5.41) is 0. The lowest BCUT2D eigenvalue weighted by Gasteiger charge is -2.13. The quantitative estimate of drug-likeness (QED) is 0.563. The Morgan fingerprint density at radius 3 is 2.38 bits per heavy atom. The van der Waals surface area contributed by atoms with Crippen LogP contribution in [0.4, 0.5) is 0 Å². The highest BCUT2D eigenvalue weighted by Gasteiger charge is 2.16. The Morgan fingerprint density at radius 2 is 1.71 bits per heavy atom. The number of carbonyl (C=O) groups excluding carboxylic acids is 2. The average Bonchev–Trinajstić information content (AvgIpc) is 2.55. The maximum absolute atomic E-state index is 12.5. The Balaban J connectivity index is 2.14. The van der Waals surface area contributed by atoms with Crippen molar-refractivity contribution in [2.75, 3.05) is 0 Å². The summed E-state index contributed by atoms with van der Waals surface area (Å²) in [4.78, 5) is 23.6. The Labute approximate surface area is 125 Å². The largest absolute Gasteiger partial charge is 0.303 e. The van der Waals surface area contributed by atoms with Crippen molar-refractivity contribution < 1.29 is 9.59 Å². The first kappa shape index (κ1) is 15.2. The van der Waals surface area contributed by atoms with Gasteiger partial charge in [-0.3, -0.25) is 4.79 Å². The Morgan fingerprint density at radius 1 is 1.05 bits per heavy atom. The zero-order chi connectivity index (χ0) is 15.1. The smallest absolute Gasteiger partial charge is 0.163 e. The van der Waals surface area contributed by atoms with E-state index in [4.69, 9.17) is 0 Å². The van der Waals surface area contributed by atoms with Gasteiger partial charge >= 0.3 is 0 Å². The summed E-state index contributed by atoms with van der Waals surface area (Å²) in [5.41, 5.74) is 2.70. The van der Waals surface area contributed by atoms with Crippen molar-refractivity contribution in [1.29, 1.82) is 0 Å². The van der Waals surface area contributed by atoms with Gasteiger partial charge in [0, 0.05) is 17.9 Å². The van der Waals surface area contributed by atoms with Gasteiger partial charge < -0.3 is 4.79 Å². The van der Waals surface area contributed by atoms with Crippen LogP contribution >= 0.6 is 0 Å². The monoisotopic (exact) mass is 280 g/mol. The molecule has 0 radical (unpaired) electrons. The number of rotatable bonds is 7. The van der Waals surface area contributed by atoms with Crippen molar-refractivity contribution in [3.63, 3.8) is 0 Å². The number of ketones is 1. The normalized spacial score (nSPS) is 11.9. The predicted molar refractivity (Wildman–Crippen MR) is 84.6 cm³/mol. The highest BCUT2D eigenvalue weighted by Crippen LogP contribution is 2.23. The number of aryl methyl sites for hydroxylation is 1. The molecule has 0 aromatic heterocycles. The zero-order valence-corrected chi connectivity index (χ0v) is 12.3. The SMILES string of the molecule is CCC(C=O)c1ccccc1C(=O)CCc1ccccc1. The summed E-state index contributed by atoms with van der Waals surface area (Å²) >= 11 is 0. The summed E-state index contributed by atoms with van der Waals surface area (Å²) in [6, 6.07) is 17.4. The number of benzene rings is 2. The van der Waals surface area contributed by atoms with Gasteiger partial charge in [0.25, 0.3) is 0 Å². The average molecular weight is 280 g/mol. The van der Waals surface area contributed by atoms with Crippen LogP contribution in [-0.2, 0) is 11.2 Å². The minimum atomic E-state index is -0.193. The second-order valence-corrected chi connectivity index (χ2v) is 5.15. The van der Waals surface area contributed by atoms with Crippen LogP contribution in [-0.4, -0.2) is 12.1 Å². The van der Waals surface area contributed by atoms with Crippen LogP contribution in [0.3, 0.4) is 0 Å². The van der Waals surface area contributed by atoms with Crippen molar-refractivity contribution in [2.45, 2.75) is 32.1 Å². The van der Waals surface area contributed by atoms with Gasteiger partial charge in [-0.15, -0.1) is 0 Å². The van der Waals surface area contributed by atoms with Gasteiger partial charge in [-0.1, -0.05) is 61.5 Å². The predicted octanol–water partition coefficient (Wildman–Crippen LogP) is 4.19. The van der Waals surface area contributed by atoms with E-state index in [1.165, 1.54) is 0 Å². The number of aldehydes is 1. The first-order chi connectivity index (χ1) is 10.3. The highest BCUT2D eigenvalue weighted by atomic mass is 16.1. The lowest BCUT2D eigenvalue weighted by molar-refractivity contribution is -0.109. The summed E-state index contributed by atoms with van der Waals surface area (Å²) in [7, 11) is 0. The molecule has 0 fully saturated rings. The maximum atomic E-state index is 12.5. The van der Waals surface area contributed by atoms with Crippen LogP contribution in [0.2, 0.25) is 0 Å². The highest BCUT2D eigenvalue weighted by molar-refractivity contribution is 5.98. The van der Waals surface area contributed by atoms with Gasteiger partial charge in [-0.05, 0) is 24.0 Å². The van der Waals surface area contributed by atoms with E-state index in [0.29, 0.717) is 18.4 Å². The lowest BCUT2D eigenvalue weighted by Crippen LogP contribution is -2.09. The standard InChI is InChI=1S/C19H20O2/c1-2-16(14-20)17-10-6-7-11-18(17)19(21)13-12-15-8-4-3-5-9-15/h3-11,14,16H,2,12-13H2,1H3. The van der Waals surface area contributed by atoms with E-state index >= 15 is 0 Å². The Bertz CT molecular complexity index is 602. The molecule has 0 aliphatic carbocycles. The molecule has 1 atom stereocenters. The molecule has 2 rings (SSSR count). The molecule has 0 spiro atoms. The molecule has 0 bridgehead atoms. The van der Waals surface area contributed by atoms with Gasteiger partial charge in [-0.2, -0.15) is 0 Å². The Hall–Kier alpha value is -2.22. The lowest BCUT2D eigenvalue weighted by atomic mass is 9.90. The first-order valence-electron chi connectivity index (χ1n) is 7.37. The van der Waals surface area contributed by atoms with E-state index in [1.54, 1.807) is 0 Å². The number of hydrogen-bond donors (Lipinski definition) is 0. The van der Waals surface area contributed by atoms with E-state index in [-0.39, 0.29) is 11.7 Å². The molecule has 0 aliphatic rings. The van der Waals surface area contributed by atoms with Crippen molar-refractivity contribution in [2.24, 2.45) is 0 Å². The van der Waals surface area contributed by atoms with Crippen molar-refractivity contribution >= 4 is 12.1 Å². The molecule has 2 heteroatoms. The van der Waals surface area contributed by atoms with Crippen LogP contribution < -0.4 is 0 Å². The maximum Gasteiger partial charge on any atom is 0.163 e. The van der Waals surface area contributed by atoms with Gasteiger partial charge in [0.2, 0.25) is 0 Å². The van der Waals surface area contributed by atoms with Crippen molar-refractivity contribution in [3.8, 4) is 0 Å². The molecule has 0 saturated heterocycles. The molecular weight excluding hydrogens is 260 g/mol. The Kier molecular flexibility index (Phi) is 5.44. The molecule has 108 valence electrons. The molecule has 2 aromatic rings. The fourth-order valence-corrected chi connectivity index (χ4v) is 2.50. The van der Waals surface area contributed by atoms with Crippen molar-refractivity contribution in [3.05, 3.63) is 71.3 Å². The summed E-state index contributed by atoms with van der Waals surface area (Å²) < 4.78 is 0. The molecular formula is C19H20O2. The summed E-state index contributed by atoms with van der Waals surface area (Å²) in [6.07, 6.45) is 2.85. The molecule has 0 amide bonds. The molecule has 0 heterocycles. The van der Waals surface area contributed by atoms with Crippen LogP contribution in [0.25, 0.3) is 0 Å². The van der Waals surface area contributed by atoms with Crippen LogP contribution in [0.1, 0.15) is 47.2 Å². The van der Waals surface area contributed by atoms with Gasteiger partial charge in [0.1, 0.15) is 6.29 Å². The second-order valence-electron chi connectivity index (χ2n) is 5.15. The zero-order valence-electron chi connectivity index (χ0n) is 12.3. The molecule has 0 N–H and O–H groups in total. The van der Waals surface area contributed by atoms with Gasteiger partial charge in [0.05, 0.1) is 0 Å². The molecule has 2 aromatic carbocycles. The number of hydrogen-bond acceptors (Lipinski definition) is 2. The minimum Gasteiger partial charge on any atom is -0.303 e. The summed E-state index contributed by atoms with van der Waals surface area (Å²) in [6.45, 7) is 1.96. The third kappa shape index (κ3) is 3.88. The van der Waals surface area contributed by atoms with E-state index in [2.05, 4.69) is 0 Å². The first-order valence-corrected chi connectivity index (χ1v) is 7.37. The molecule has 0 aliphatic heterocycles. The third-order valence-corrected chi connectivity index (χ3v) is 3.75. The molecule has 0 saturated carbocycles. The van der Waals surface area contributed by atoms with E-state index in [0.717, 1.165) is 23.8 Å². The topological polar surface area (TPSA) is 34.1 Å². The second kappa shape index (κ2) is 7.53. The van der Waals surface area contributed by atoms with Gasteiger partial charge in [-0.25, -0.2) is 0 Å². The molecule has 21 heavy (non-hydrogen) atoms. The van der Waals surface area contributed by atoms with Crippen LogP contribution in [0, 0.1) is 0 Å². The molecule has 1 unspecified atom stereocenters. The third-order valence-electron chi connectivity index (χ3n) is 3.75. The minimum absolute atomic E-state index is 0.106. The van der Waals surface area contributed by atoms with E-state index in [9.17, 15) is 9.59 Å². The van der Waals surface area contributed by atoms with Crippen LogP contribution in [0.15, 0.2) is 54.6 Å². The fourth-order valence-electron chi connectivity index (χ4n) is 2.50. The van der Waals surface area contributed by atoms with E-state index in [1.807, 2.05) is 61.5 Å². The number of carbonyl (C=O) groups is 2. The van der Waals surface area contributed by atoms with Crippen molar-refractivity contribution in [1.82, 2.24) is 0 Å².